The van der Waals surface area contributed by atoms with E-state index in [1.807, 2.05) is 56.3 Å². The van der Waals surface area contributed by atoms with Crippen LogP contribution in [0.2, 0.25) is 0 Å². The zero-order valence-corrected chi connectivity index (χ0v) is 14.0. The molecule has 1 aliphatic rings. The van der Waals surface area contributed by atoms with Crippen LogP contribution in [0, 0.1) is 13.8 Å². The van der Waals surface area contributed by atoms with Gasteiger partial charge in [0.15, 0.2) is 0 Å². The van der Waals surface area contributed by atoms with Crippen LogP contribution in [0.4, 0.5) is 11.4 Å². The van der Waals surface area contributed by atoms with E-state index in [-0.39, 0.29) is 18.2 Å². The van der Waals surface area contributed by atoms with Gasteiger partial charge in [-0.15, -0.1) is 0 Å². The average Bonchev–Trinajstić information content (AvgIpc) is 2.84. The highest BCUT2D eigenvalue weighted by atomic mass is 16.5. The molecule has 24 heavy (non-hydrogen) atoms. The number of para-hydroxylation sites is 2. The lowest BCUT2D eigenvalue weighted by Gasteiger charge is -2.19. The number of carbonyl (C=O) groups excluding carboxylic acids is 2. The Morgan fingerprint density at radius 1 is 1.12 bits per heavy atom. The molecule has 0 bridgehead atoms. The molecular formula is C19H20N2O3. The van der Waals surface area contributed by atoms with Crippen molar-refractivity contribution in [3.05, 3.63) is 53.6 Å². The third-order valence-corrected chi connectivity index (χ3v) is 4.19. The lowest BCUT2D eigenvalue weighted by molar-refractivity contribution is -0.121. The van der Waals surface area contributed by atoms with Crippen molar-refractivity contribution in [2.75, 3.05) is 17.3 Å². The number of anilines is 2. The van der Waals surface area contributed by atoms with Crippen molar-refractivity contribution < 1.29 is 14.3 Å². The molecule has 1 unspecified atom stereocenters. The second-order valence-corrected chi connectivity index (χ2v) is 5.96. The number of rotatable bonds is 4. The van der Waals surface area contributed by atoms with E-state index in [0.29, 0.717) is 17.1 Å². The van der Waals surface area contributed by atoms with E-state index in [4.69, 9.17) is 4.74 Å². The Kier molecular flexibility index (Phi) is 4.25. The quantitative estimate of drug-likeness (QED) is 0.878. The molecule has 5 nitrogen and oxygen atoms in total. The fourth-order valence-corrected chi connectivity index (χ4v) is 2.91. The number of amides is 2. The molecule has 0 saturated carbocycles. The number of aryl methyl sites for hydroxylation is 2. The third kappa shape index (κ3) is 2.85. The Bertz CT molecular complexity index is 801. The molecule has 1 atom stereocenters. The number of carbonyl (C=O) groups is 2. The van der Waals surface area contributed by atoms with E-state index in [0.717, 1.165) is 11.1 Å². The van der Waals surface area contributed by atoms with E-state index in [1.54, 1.807) is 7.11 Å². The smallest absolute Gasteiger partial charge is 0.256 e. The van der Waals surface area contributed by atoms with Crippen molar-refractivity contribution in [2.45, 2.75) is 26.3 Å². The van der Waals surface area contributed by atoms with Gasteiger partial charge >= 0.3 is 0 Å². The molecule has 0 aliphatic carbocycles. The Morgan fingerprint density at radius 2 is 1.88 bits per heavy atom. The van der Waals surface area contributed by atoms with Crippen molar-refractivity contribution in [3.63, 3.8) is 0 Å². The molecule has 1 N–H and O–H groups in total. The van der Waals surface area contributed by atoms with Crippen LogP contribution >= 0.6 is 0 Å². The van der Waals surface area contributed by atoms with Gasteiger partial charge < -0.3 is 10.1 Å². The maximum absolute atomic E-state index is 12.8. The zero-order valence-electron chi connectivity index (χ0n) is 14.0. The van der Waals surface area contributed by atoms with Crippen molar-refractivity contribution in [3.8, 4) is 5.75 Å². The van der Waals surface area contributed by atoms with Crippen LogP contribution < -0.4 is 15.0 Å². The summed E-state index contributed by atoms with van der Waals surface area (Å²) in [5.74, 6) is 0.212. The predicted molar refractivity (Wildman–Crippen MR) is 93.4 cm³/mol. The molecule has 2 aromatic carbocycles. The summed E-state index contributed by atoms with van der Waals surface area (Å²) in [5.41, 5.74) is 3.28. The minimum atomic E-state index is -0.589. The summed E-state index contributed by atoms with van der Waals surface area (Å²) in [7, 11) is 1.57. The molecular weight excluding hydrogens is 304 g/mol. The lowest BCUT2D eigenvalue weighted by Crippen LogP contribution is -2.35. The van der Waals surface area contributed by atoms with Crippen LogP contribution in [0.1, 0.15) is 17.5 Å². The number of nitrogens with zero attached hydrogens (tertiary/aromatic N) is 1. The second-order valence-electron chi connectivity index (χ2n) is 5.96. The van der Waals surface area contributed by atoms with E-state index < -0.39 is 6.04 Å². The SMILES string of the molecule is COc1ccccc1NC1CC(=O)N(c2cc(C)ccc2C)C1=O. The topological polar surface area (TPSA) is 58.6 Å². The maximum Gasteiger partial charge on any atom is 0.256 e. The number of hydrogen-bond acceptors (Lipinski definition) is 4. The van der Waals surface area contributed by atoms with E-state index >= 15 is 0 Å². The summed E-state index contributed by atoms with van der Waals surface area (Å²) in [4.78, 5) is 26.5. The summed E-state index contributed by atoms with van der Waals surface area (Å²) in [5, 5.41) is 3.14. The number of benzene rings is 2. The summed E-state index contributed by atoms with van der Waals surface area (Å²) in [6.07, 6.45) is 0.129. The third-order valence-electron chi connectivity index (χ3n) is 4.19. The molecule has 3 rings (SSSR count). The Morgan fingerprint density at radius 3 is 2.62 bits per heavy atom. The van der Waals surface area contributed by atoms with Crippen LogP contribution in [-0.4, -0.2) is 25.0 Å². The number of imide groups is 1. The minimum absolute atomic E-state index is 0.129. The number of nitrogens with one attached hydrogen (secondary N) is 1. The van der Waals surface area contributed by atoms with Gasteiger partial charge in [-0.2, -0.15) is 0 Å². The number of ether oxygens (including phenoxy) is 1. The van der Waals surface area contributed by atoms with Gasteiger partial charge in [-0.3, -0.25) is 9.59 Å². The maximum atomic E-state index is 12.8. The standard InChI is InChI=1S/C19H20N2O3/c1-12-8-9-13(2)16(10-12)21-18(22)11-15(19(21)23)20-14-6-4-5-7-17(14)24-3/h4-10,15,20H,11H2,1-3H3. The van der Waals surface area contributed by atoms with Crippen molar-refractivity contribution in [1.29, 1.82) is 0 Å². The molecule has 5 heteroatoms. The molecule has 1 aliphatic heterocycles. The minimum Gasteiger partial charge on any atom is -0.495 e. The largest absolute Gasteiger partial charge is 0.495 e. The molecule has 2 aromatic rings. The van der Waals surface area contributed by atoms with Gasteiger partial charge in [0.1, 0.15) is 11.8 Å². The Hall–Kier alpha value is -2.82. The van der Waals surface area contributed by atoms with Gasteiger partial charge in [-0.25, -0.2) is 4.90 Å². The Labute approximate surface area is 141 Å². The van der Waals surface area contributed by atoms with Gasteiger partial charge in [0.05, 0.1) is 24.9 Å². The second kappa shape index (κ2) is 6.35. The highest BCUT2D eigenvalue weighted by molar-refractivity contribution is 6.23. The zero-order chi connectivity index (χ0) is 17.3. The van der Waals surface area contributed by atoms with Crippen LogP contribution in [0.25, 0.3) is 0 Å². The highest BCUT2D eigenvalue weighted by Crippen LogP contribution is 2.30. The molecule has 0 radical (unpaired) electrons. The number of hydrogen-bond donors (Lipinski definition) is 1. The van der Waals surface area contributed by atoms with Crippen LogP contribution in [0.15, 0.2) is 42.5 Å². The van der Waals surface area contributed by atoms with Crippen molar-refractivity contribution in [2.24, 2.45) is 0 Å². The number of methoxy groups -OCH3 is 1. The Balaban J connectivity index is 1.88. The lowest BCUT2D eigenvalue weighted by atomic mass is 10.1. The van der Waals surface area contributed by atoms with E-state index in [1.165, 1.54) is 4.90 Å². The predicted octanol–water partition coefficient (Wildman–Crippen LogP) is 3.06. The molecule has 124 valence electrons. The summed E-state index contributed by atoms with van der Waals surface area (Å²) >= 11 is 0. The molecule has 1 heterocycles. The summed E-state index contributed by atoms with van der Waals surface area (Å²) in [6.45, 7) is 3.84. The van der Waals surface area contributed by atoms with Crippen LogP contribution in [0.5, 0.6) is 5.75 Å². The monoisotopic (exact) mass is 324 g/mol. The summed E-state index contributed by atoms with van der Waals surface area (Å²) in [6, 6.07) is 12.5. The highest BCUT2D eigenvalue weighted by Gasteiger charge is 2.40. The van der Waals surface area contributed by atoms with Gasteiger partial charge in [-0.05, 0) is 43.2 Å². The molecule has 1 fully saturated rings. The molecule has 0 spiro atoms. The fourth-order valence-electron chi connectivity index (χ4n) is 2.91. The first-order valence-electron chi connectivity index (χ1n) is 7.85. The van der Waals surface area contributed by atoms with Crippen LogP contribution in [0.3, 0.4) is 0 Å². The molecule has 0 aromatic heterocycles. The van der Waals surface area contributed by atoms with E-state index in [2.05, 4.69) is 5.32 Å². The fraction of sp³-hybridized carbons (Fsp3) is 0.263. The van der Waals surface area contributed by atoms with Gasteiger partial charge in [0.2, 0.25) is 5.91 Å². The van der Waals surface area contributed by atoms with Gasteiger partial charge in [0, 0.05) is 0 Å². The first-order chi connectivity index (χ1) is 11.5. The first-order valence-corrected chi connectivity index (χ1v) is 7.85. The van der Waals surface area contributed by atoms with Gasteiger partial charge in [0.25, 0.3) is 5.91 Å². The summed E-state index contributed by atoms with van der Waals surface area (Å²) < 4.78 is 5.29. The van der Waals surface area contributed by atoms with Crippen LogP contribution in [-0.2, 0) is 9.59 Å². The molecule has 1 saturated heterocycles. The van der Waals surface area contributed by atoms with Gasteiger partial charge in [-0.1, -0.05) is 24.3 Å². The van der Waals surface area contributed by atoms with E-state index in [9.17, 15) is 9.59 Å². The molecule has 2 amide bonds. The van der Waals surface area contributed by atoms with Crippen molar-refractivity contribution >= 4 is 23.2 Å². The normalized spacial score (nSPS) is 17.3. The van der Waals surface area contributed by atoms with Crippen molar-refractivity contribution in [1.82, 2.24) is 0 Å². The first kappa shape index (κ1) is 16.1. The average molecular weight is 324 g/mol.